The monoisotopic (exact) mass is 338 g/mol. The van der Waals surface area contributed by atoms with Gasteiger partial charge in [-0.3, -0.25) is 9.78 Å². The van der Waals surface area contributed by atoms with Crippen LogP contribution in [0.2, 0.25) is 0 Å². The van der Waals surface area contributed by atoms with Crippen LogP contribution in [0, 0.1) is 0 Å². The lowest BCUT2D eigenvalue weighted by Gasteiger charge is -2.11. The first-order valence-electron chi connectivity index (χ1n) is 7.77. The predicted octanol–water partition coefficient (Wildman–Crippen LogP) is 4.14. The standard InChI is InChI=1S/C19H18N2O2S/c1-2-23-16-9-4-3-8-15(16)19(22)21-13-14-7-5-11-20-18(14)17-10-6-12-24-17/h3-12H,2,13H2,1H3,(H,21,22). The number of nitrogens with one attached hydrogen (secondary N) is 1. The molecule has 0 atom stereocenters. The summed E-state index contributed by atoms with van der Waals surface area (Å²) in [4.78, 5) is 18.0. The van der Waals surface area contributed by atoms with Crippen LogP contribution in [-0.2, 0) is 6.54 Å². The summed E-state index contributed by atoms with van der Waals surface area (Å²) in [6.07, 6.45) is 1.77. The van der Waals surface area contributed by atoms with Crippen molar-refractivity contribution in [2.45, 2.75) is 13.5 Å². The Morgan fingerprint density at radius 2 is 2.04 bits per heavy atom. The van der Waals surface area contributed by atoms with Crippen LogP contribution in [0.25, 0.3) is 10.6 Å². The van der Waals surface area contributed by atoms with Gasteiger partial charge < -0.3 is 10.1 Å². The van der Waals surface area contributed by atoms with Crippen LogP contribution in [0.3, 0.4) is 0 Å². The lowest BCUT2D eigenvalue weighted by molar-refractivity contribution is 0.0947. The van der Waals surface area contributed by atoms with Crippen molar-refractivity contribution in [3.05, 3.63) is 71.2 Å². The van der Waals surface area contributed by atoms with Gasteiger partial charge in [0.15, 0.2) is 0 Å². The average molecular weight is 338 g/mol. The molecule has 24 heavy (non-hydrogen) atoms. The van der Waals surface area contributed by atoms with E-state index in [0.29, 0.717) is 24.5 Å². The fraction of sp³-hybridized carbons (Fsp3) is 0.158. The molecule has 3 aromatic rings. The Morgan fingerprint density at radius 3 is 2.83 bits per heavy atom. The molecule has 3 rings (SSSR count). The van der Waals surface area contributed by atoms with Crippen molar-refractivity contribution < 1.29 is 9.53 Å². The number of para-hydroxylation sites is 1. The van der Waals surface area contributed by atoms with Crippen LogP contribution in [-0.4, -0.2) is 17.5 Å². The van der Waals surface area contributed by atoms with Crippen LogP contribution < -0.4 is 10.1 Å². The Kier molecular flexibility index (Phi) is 5.23. The van der Waals surface area contributed by atoms with Gasteiger partial charge in [-0.25, -0.2) is 0 Å². The highest BCUT2D eigenvalue weighted by Gasteiger charge is 2.13. The van der Waals surface area contributed by atoms with Crippen LogP contribution in [0.15, 0.2) is 60.1 Å². The fourth-order valence-corrected chi connectivity index (χ4v) is 3.18. The first-order valence-corrected chi connectivity index (χ1v) is 8.65. The molecular weight excluding hydrogens is 320 g/mol. The fourth-order valence-electron chi connectivity index (χ4n) is 2.42. The van der Waals surface area contributed by atoms with Crippen molar-refractivity contribution >= 4 is 17.2 Å². The van der Waals surface area contributed by atoms with Gasteiger partial charge in [0.25, 0.3) is 5.91 Å². The summed E-state index contributed by atoms with van der Waals surface area (Å²) in [6, 6.07) is 15.2. The van der Waals surface area contributed by atoms with Gasteiger partial charge in [-0.1, -0.05) is 24.3 Å². The summed E-state index contributed by atoms with van der Waals surface area (Å²) in [5.41, 5.74) is 2.44. The zero-order valence-electron chi connectivity index (χ0n) is 13.4. The topological polar surface area (TPSA) is 51.2 Å². The molecule has 0 spiro atoms. The minimum Gasteiger partial charge on any atom is -0.493 e. The van der Waals surface area contributed by atoms with E-state index in [-0.39, 0.29) is 5.91 Å². The van der Waals surface area contributed by atoms with E-state index in [2.05, 4.69) is 10.3 Å². The molecule has 4 nitrogen and oxygen atoms in total. The molecule has 2 aromatic heterocycles. The number of carbonyl (C=O) groups excluding carboxylic acids is 1. The first-order chi connectivity index (χ1) is 11.8. The molecule has 1 N–H and O–H groups in total. The van der Waals surface area contributed by atoms with E-state index in [1.807, 2.05) is 48.7 Å². The Labute approximate surface area is 145 Å². The quantitative estimate of drug-likeness (QED) is 0.735. The van der Waals surface area contributed by atoms with E-state index in [1.165, 1.54) is 0 Å². The summed E-state index contributed by atoms with van der Waals surface area (Å²) in [6.45, 7) is 2.84. The van der Waals surface area contributed by atoms with Gasteiger partial charge in [0.05, 0.1) is 22.7 Å². The second kappa shape index (κ2) is 7.75. The van der Waals surface area contributed by atoms with Crippen molar-refractivity contribution in [3.63, 3.8) is 0 Å². The largest absolute Gasteiger partial charge is 0.493 e. The summed E-state index contributed by atoms with van der Waals surface area (Å²) in [7, 11) is 0. The molecule has 5 heteroatoms. The number of aromatic nitrogens is 1. The normalized spacial score (nSPS) is 10.4. The van der Waals surface area contributed by atoms with E-state index < -0.39 is 0 Å². The molecule has 0 fully saturated rings. The third-order valence-electron chi connectivity index (χ3n) is 3.52. The van der Waals surface area contributed by atoms with Crippen LogP contribution in [0.5, 0.6) is 5.75 Å². The van der Waals surface area contributed by atoms with Crippen molar-refractivity contribution in [3.8, 4) is 16.3 Å². The minimum absolute atomic E-state index is 0.153. The highest BCUT2D eigenvalue weighted by Crippen LogP contribution is 2.26. The summed E-state index contributed by atoms with van der Waals surface area (Å²) < 4.78 is 5.52. The number of benzene rings is 1. The van der Waals surface area contributed by atoms with Crippen molar-refractivity contribution in [2.24, 2.45) is 0 Å². The maximum Gasteiger partial charge on any atom is 0.255 e. The van der Waals surface area contributed by atoms with E-state index >= 15 is 0 Å². The van der Waals surface area contributed by atoms with Crippen LogP contribution in [0.1, 0.15) is 22.8 Å². The summed E-state index contributed by atoms with van der Waals surface area (Å²) in [5, 5.41) is 4.98. The second-order valence-electron chi connectivity index (χ2n) is 5.10. The van der Waals surface area contributed by atoms with Crippen molar-refractivity contribution in [1.82, 2.24) is 10.3 Å². The van der Waals surface area contributed by atoms with Gasteiger partial charge in [0.1, 0.15) is 5.75 Å². The van der Waals surface area contributed by atoms with Gasteiger partial charge in [-0.05, 0) is 42.1 Å². The van der Waals surface area contributed by atoms with Gasteiger partial charge >= 0.3 is 0 Å². The van der Waals surface area contributed by atoms with Gasteiger partial charge in [0.2, 0.25) is 0 Å². The number of pyridine rings is 1. The predicted molar refractivity (Wildman–Crippen MR) is 96.3 cm³/mol. The smallest absolute Gasteiger partial charge is 0.255 e. The number of ether oxygens (including phenoxy) is 1. The lowest BCUT2D eigenvalue weighted by Crippen LogP contribution is -2.23. The zero-order valence-corrected chi connectivity index (χ0v) is 14.2. The molecule has 0 saturated heterocycles. The van der Waals surface area contributed by atoms with Crippen molar-refractivity contribution in [2.75, 3.05) is 6.61 Å². The van der Waals surface area contributed by atoms with E-state index in [0.717, 1.165) is 16.1 Å². The molecule has 0 bridgehead atoms. The molecule has 0 aliphatic heterocycles. The lowest BCUT2D eigenvalue weighted by atomic mass is 10.1. The average Bonchev–Trinajstić information content (AvgIpc) is 3.15. The zero-order chi connectivity index (χ0) is 16.8. The third-order valence-corrected chi connectivity index (χ3v) is 4.39. The molecule has 0 radical (unpaired) electrons. The number of carbonyl (C=O) groups is 1. The SMILES string of the molecule is CCOc1ccccc1C(=O)NCc1cccnc1-c1cccs1. The van der Waals surface area contributed by atoms with Crippen LogP contribution in [0.4, 0.5) is 0 Å². The second-order valence-corrected chi connectivity index (χ2v) is 6.05. The number of hydrogen-bond donors (Lipinski definition) is 1. The molecular formula is C19H18N2O2S. The highest BCUT2D eigenvalue weighted by atomic mass is 32.1. The molecule has 122 valence electrons. The number of thiophene rings is 1. The number of rotatable bonds is 6. The molecule has 0 saturated carbocycles. The van der Waals surface area contributed by atoms with Gasteiger partial charge in [-0.2, -0.15) is 0 Å². The molecule has 2 heterocycles. The summed E-state index contributed by atoms with van der Waals surface area (Å²) in [5.74, 6) is 0.446. The van der Waals surface area contributed by atoms with E-state index in [4.69, 9.17) is 4.74 Å². The molecule has 0 unspecified atom stereocenters. The maximum atomic E-state index is 12.5. The maximum absolute atomic E-state index is 12.5. The molecule has 1 amide bonds. The Balaban J connectivity index is 1.76. The Hall–Kier alpha value is -2.66. The summed E-state index contributed by atoms with van der Waals surface area (Å²) >= 11 is 1.63. The van der Waals surface area contributed by atoms with E-state index in [9.17, 15) is 4.79 Å². The molecule has 0 aliphatic carbocycles. The first kappa shape index (κ1) is 16.2. The third kappa shape index (κ3) is 3.63. The number of nitrogens with zero attached hydrogens (tertiary/aromatic N) is 1. The Morgan fingerprint density at radius 1 is 1.17 bits per heavy atom. The van der Waals surface area contributed by atoms with Crippen LogP contribution >= 0.6 is 11.3 Å². The van der Waals surface area contributed by atoms with Crippen molar-refractivity contribution in [1.29, 1.82) is 0 Å². The molecule has 1 aromatic carbocycles. The Bertz CT molecular complexity index is 816. The van der Waals surface area contributed by atoms with Gasteiger partial charge in [-0.15, -0.1) is 11.3 Å². The minimum atomic E-state index is -0.153. The number of hydrogen-bond acceptors (Lipinski definition) is 4. The number of amides is 1. The van der Waals surface area contributed by atoms with E-state index in [1.54, 1.807) is 29.7 Å². The van der Waals surface area contributed by atoms with Gasteiger partial charge in [0, 0.05) is 12.7 Å². The molecule has 0 aliphatic rings. The highest BCUT2D eigenvalue weighted by molar-refractivity contribution is 7.13.